The van der Waals surface area contributed by atoms with Gasteiger partial charge in [-0.2, -0.15) is 0 Å². The molecule has 0 radical (unpaired) electrons. The first-order chi connectivity index (χ1) is 16.4. The van der Waals surface area contributed by atoms with Crippen molar-refractivity contribution in [2.45, 2.75) is 39.5 Å². The number of hydrogen-bond donors (Lipinski definition) is 0. The van der Waals surface area contributed by atoms with E-state index in [9.17, 15) is 14.4 Å². The molecule has 1 amide bonds. The van der Waals surface area contributed by atoms with Crippen molar-refractivity contribution in [2.75, 3.05) is 0 Å². The van der Waals surface area contributed by atoms with E-state index in [1.54, 1.807) is 18.2 Å². The lowest BCUT2D eigenvalue weighted by Gasteiger charge is -2.34. The maximum atomic E-state index is 13.3. The number of benzene rings is 2. The van der Waals surface area contributed by atoms with Gasteiger partial charge in [-0.15, -0.1) is 0 Å². The zero-order valence-corrected chi connectivity index (χ0v) is 18.9. The Morgan fingerprint density at radius 1 is 1.03 bits per heavy atom. The van der Waals surface area contributed by atoms with Crippen LogP contribution in [-0.4, -0.2) is 22.8 Å². The lowest BCUT2D eigenvalue weighted by Crippen LogP contribution is -2.49. The molecule has 0 fully saturated rings. The molecule has 2 aromatic heterocycles. The van der Waals surface area contributed by atoms with Gasteiger partial charge in [-0.1, -0.05) is 24.3 Å². The van der Waals surface area contributed by atoms with Crippen LogP contribution >= 0.6 is 0 Å². The number of fused-ring (bicyclic) bond motifs is 2. The third-order valence-electron chi connectivity index (χ3n) is 6.33. The summed E-state index contributed by atoms with van der Waals surface area (Å²) in [5.41, 5.74) is 4.49. The number of aryl methyl sites for hydroxylation is 2. The number of rotatable bonds is 4. The van der Waals surface area contributed by atoms with Crippen molar-refractivity contribution in [2.24, 2.45) is 0 Å². The van der Waals surface area contributed by atoms with Crippen molar-refractivity contribution in [3.8, 4) is 0 Å². The van der Waals surface area contributed by atoms with Crippen molar-refractivity contribution >= 4 is 22.8 Å². The molecule has 3 heterocycles. The first-order valence-corrected chi connectivity index (χ1v) is 11.0. The second-order valence-corrected chi connectivity index (χ2v) is 8.53. The van der Waals surface area contributed by atoms with Gasteiger partial charge in [0.05, 0.1) is 6.26 Å². The molecule has 4 aromatic rings. The van der Waals surface area contributed by atoms with Gasteiger partial charge in [0.1, 0.15) is 18.2 Å². The summed E-state index contributed by atoms with van der Waals surface area (Å²) in [6.45, 7) is 4.07. The first kappa shape index (κ1) is 21.7. The standard InChI is InChI=1S/C27H23NO6/c1-16-10-21-20(13-25(29)34-24(21)11-17(16)2)15-33-27(31)22-12-18-6-3-4-7-19(18)14-28(22)26(30)23-8-5-9-32-23/h3-11,13,22H,12,14-15H2,1-2H3. The number of furan rings is 1. The third-order valence-corrected chi connectivity index (χ3v) is 6.33. The Hall–Kier alpha value is -4.13. The molecule has 0 N–H and O–H groups in total. The molecule has 34 heavy (non-hydrogen) atoms. The van der Waals surface area contributed by atoms with Gasteiger partial charge < -0.3 is 18.5 Å². The number of ether oxygens (including phenoxy) is 1. The lowest BCUT2D eigenvalue weighted by atomic mass is 9.93. The van der Waals surface area contributed by atoms with Gasteiger partial charge in [0, 0.05) is 30.0 Å². The summed E-state index contributed by atoms with van der Waals surface area (Å²) in [6.07, 6.45) is 1.76. The zero-order valence-electron chi connectivity index (χ0n) is 18.9. The summed E-state index contributed by atoms with van der Waals surface area (Å²) >= 11 is 0. The van der Waals surface area contributed by atoms with Crippen LogP contribution in [0.4, 0.5) is 0 Å². The van der Waals surface area contributed by atoms with E-state index < -0.39 is 17.6 Å². The topological polar surface area (TPSA) is 90.0 Å². The molecular formula is C27H23NO6. The monoisotopic (exact) mass is 457 g/mol. The van der Waals surface area contributed by atoms with Crippen LogP contribution in [0.3, 0.4) is 0 Å². The van der Waals surface area contributed by atoms with Crippen LogP contribution in [0.1, 0.15) is 38.4 Å². The predicted molar refractivity (Wildman–Crippen MR) is 124 cm³/mol. The van der Waals surface area contributed by atoms with E-state index in [0.717, 1.165) is 22.3 Å². The Labute approximate surface area is 195 Å². The Bertz CT molecular complexity index is 1450. The highest BCUT2D eigenvalue weighted by Gasteiger charge is 2.37. The molecule has 0 saturated carbocycles. The van der Waals surface area contributed by atoms with Crippen LogP contribution < -0.4 is 5.63 Å². The first-order valence-electron chi connectivity index (χ1n) is 11.0. The van der Waals surface area contributed by atoms with Gasteiger partial charge in [0.25, 0.3) is 5.91 Å². The Morgan fingerprint density at radius 2 is 1.79 bits per heavy atom. The third kappa shape index (κ3) is 4.01. The summed E-state index contributed by atoms with van der Waals surface area (Å²) < 4.78 is 16.3. The number of carbonyl (C=O) groups is 2. The highest BCUT2D eigenvalue weighted by Crippen LogP contribution is 2.27. The van der Waals surface area contributed by atoms with Gasteiger partial charge in [-0.05, 0) is 60.4 Å². The fourth-order valence-electron chi connectivity index (χ4n) is 4.34. The number of nitrogens with zero attached hydrogens (tertiary/aromatic N) is 1. The Morgan fingerprint density at radius 3 is 2.56 bits per heavy atom. The van der Waals surface area contributed by atoms with Crippen molar-refractivity contribution in [1.29, 1.82) is 0 Å². The SMILES string of the molecule is Cc1cc2oc(=O)cc(COC(=O)C3Cc4ccccc4CN3C(=O)c3ccco3)c2cc1C. The highest BCUT2D eigenvalue weighted by molar-refractivity contribution is 5.95. The number of amides is 1. The molecule has 5 rings (SSSR count). The molecule has 1 atom stereocenters. The molecular weight excluding hydrogens is 434 g/mol. The highest BCUT2D eigenvalue weighted by atomic mass is 16.5. The minimum Gasteiger partial charge on any atom is -0.459 e. The average Bonchev–Trinajstić information content (AvgIpc) is 3.37. The molecule has 1 unspecified atom stereocenters. The predicted octanol–water partition coefficient (Wildman–Crippen LogP) is 4.31. The normalized spacial score (nSPS) is 15.2. The van der Waals surface area contributed by atoms with Gasteiger partial charge in [-0.25, -0.2) is 9.59 Å². The summed E-state index contributed by atoms with van der Waals surface area (Å²) in [5, 5.41) is 0.716. The van der Waals surface area contributed by atoms with E-state index in [-0.39, 0.29) is 24.8 Å². The van der Waals surface area contributed by atoms with Crippen LogP contribution in [0.2, 0.25) is 0 Å². The van der Waals surface area contributed by atoms with Crippen LogP contribution in [0.5, 0.6) is 0 Å². The maximum Gasteiger partial charge on any atom is 0.336 e. The molecule has 1 aliphatic heterocycles. The van der Waals surface area contributed by atoms with E-state index in [1.165, 1.54) is 17.2 Å². The van der Waals surface area contributed by atoms with Gasteiger partial charge in [0.2, 0.25) is 0 Å². The largest absolute Gasteiger partial charge is 0.459 e. The molecule has 0 bridgehead atoms. The molecule has 7 heteroatoms. The van der Waals surface area contributed by atoms with Crippen molar-refractivity contribution in [3.63, 3.8) is 0 Å². The van der Waals surface area contributed by atoms with E-state index in [0.29, 0.717) is 23.0 Å². The zero-order chi connectivity index (χ0) is 23.8. The lowest BCUT2D eigenvalue weighted by molar-refractivity contribution is -0.151. The Kier molecular flexibility index (Phi) is 5.53. The van der Waals surface area contributed by atoms with Crippen molar-refractivity contribution < 1.29 is 23.2 Å². The van der Waals surface area contributed by atoms with Crippen LogP contribution in [0.15, 0.2) is 74.5 Å². The summed E-state index contributed by atoms with van der Waals surface area (Å²) in [5.74, 6) is -0.757. The fourth-order valence-corrected chi connectivity index (χ4v) is 4.34. The minimum absolute atomic E-state index is 0.107. The molecule has 7 nitrogen and oxygen atoms in total. The molecule has 0 saturated heterocycles. The maximum absolute atomic E-state index is 13.3. The smallest absolute Gasteiger partial charge is 0.336 e. The Balaban J connectivity index is 1.43. The molecule has 172 valence electrons. The fraction of sp³-hybridized carbons (Fsp3) is 0.222. The number of esters is 1. The number of hydrogen-bond acceptors (Lipinski definition) is 6. The van der Waals surface area contributed by atoms with E-state index in [4.69, 9.17) is 13.6 Å². The van der Waals surface area contributed by atoms with Gasteiger partial charge in [0.15, 0.2) is 5.76 Å². The van der Waals surface area contributed by atoms with Crippen molar-refractivity contribution in [3.05, 3.63) is 105 Å². The second-order valence-electron chi connectivity index (χ2n) is 8.53. The molecule has 1 aliphatic rings. The summed E-state index contributed by atoms with van der Waals surface area (Å²) in [6, 6.07) is 15.2. The molecule has 2 aromatic carbocycles. The van der Waals surface area contributed by atoms with E-state index in [2.05, 4.69) is 0 Å². The molecule has 0 spiro atoms. The van der Waals surface area contributed by atoms with Crippen LogP contribution in [0.25, 0.3) is 11.0 Å². The summed E-state index contributed by atoms with van der Waals surface area (Å²) in [4.78, 5) is 39.9. The average molecular weight is 457 g/mol. The van der Waals surface area contributed by atoms with Gasteiger partial charge >= 0.3 is 11.6 Å². The van der Waals surface area contributed by atoms with Crippen molar-refractivity contribution in [1.82, 2.24) is 4.90 Å². The van der Waals surface area contributed by atoms with E-state index >= 15 is 0 Å². The minimum atomic E-state index is -0.817. The summed E-state index contributed by atoms with van der Waals surface area (Å²) in [7, 11) is 0. The number of carbonyl (C=O) groups excluding carboxylic acids is 2. The van der Waals surface area contributed by atoms with Crippen LogP contribution in [0, 0.1) is 13.8 Å². The van der Waals surface area contributed by atoms with Crippen LogP contribution in [-0.2, 0) is 29.1 Å². The van der Waals surface area contributed by atoms with E-state index in [1.807, 2.05) is 44.2 Å². The molecule has 0 aliphatic carbocycles. The quantitative estimate of drug-likeness (QED) is 0.335. The second kappa shape index (κ2) is 8.67. The van der Waals surface area contributed by atoms with Gasteiger partial charge in [-0.3, -0.25) is 4.79 Å².